The van der Waals surface area contributed by atoms with Crippen LogP contribution in [-0.2, 0) is 16.0 Å². The number of nitrogens with zero attached hydrogens (tertiary/aromatic N) is 2. The molecule has 7 heteroatoms. The maximum Gasteiger partial charge on any atom is 0.308 e. The lowest BCUT2D eigenvalue weighted by Crippen LogP contribution is -2.46. The summed E-state index contributed by atoms with van der Waals surface area (Å²) in [6.07, 6.45) is 7.60. The number of carbonyl (C=O) groups is 2. The monoisotopic (exact) mass is 485 g/mol. The van der Waals surface area contributed by atoms with Crippen LogP contribution in [0.25, 0.3) is 0 Å². The van der Waals surface area contributed by atoms with E-state index in [1.54, 1.807) is 0 Å². The number of allylic oxidation sites excluding steroid dienone is 2. The molecule has 1 aromatic rings. The summed E-state index contributed by atoms with van der Waals surface area (Å²) in [5.74, 6) is -0.648. The van der Waals surface area contributed by atoms with Crippen molar-refractivity contribution in [1.29, 1.82) is 0 Å². The molecule has 7 nitrogen and oxygen atoms in total. The van der Waals surface area contributed by atoms with Gasteiger partial charge in [-0.05, 0) is 42.4 Å². The van der Waals surface area contributed by atoms with E-state index in [-0.39, 0.29) is 29.8 Å². The van der Waals surface area contributed by atoms with Crippen molar-refractivity contribution in [1.82, 2.24) is 9.80 Å². The van der Waals surface area contributed by atoms with E-state index in [0.717, 1.165) is 36.1 Å². The molecule has 2 aliphatic heterocycles. The molecule has 0 unspecified atom stereocenters. The number of aliphatic carboxylic acids is 1. The summed E-state index contributed by atoms with van der Waals surface area (Å²) in [7, 11) is 0. The first-order chi connectivity index (χ1) is 16.7. The van der Waals surface area contributed by atoms with Crippen LogP contribution in [0, 0.1) is 11.3 Å². The van der Waals surface area contributed by atoms with E-state index in [2.05, 4.69) is 37.8 Å². The van der Waals surface area contributed by atoms with Gasteiger partial charge in [0.25, 0.3) is 0 Å². The molecule has 35 heavy (non-hydrogen) atoms. The second-order valence-corrected chi connectivity index (χ2v) is 10.6. The molecule has 0 spiro atoms. The number of ether oxygens (including phenoxy) is 1. The third kappa shape index (κ3) is 6.64. The van der Waals surface area contributed by atoms with Crippen LogP contribution in [0.4, 0.5) is 0 Å². The van der Waals surface area contributed by atoms with Gasteiger partial charge in [0, 0.05) is 44.6 Å². The second kappa shape index (κ2) is 12.0. The Morgan fingerprint density at radius 2 is 2.09 bits per heavy atom. The van der Waals surface area contributed by atoms with Crippen LogP contribution >= 0.6 is 0 Å². The van der Waals surface area contributed by atoms with Crippen LogP contribution in [0.3, 0.4) is 0 Å². The summed E-state index contributed by atoms with van der Waals surface area (Å²) in [4.78, 5) is 30.0. The minimum absolute atomic E-state index is 0.0323. The highest BCUT2D eigenvalue weighted by atomic mass is 16.5. The Morgan fingerprint density at radius 1 is 1.31 bits per heavy atom. The van der Waals surface area contributed by atoms with Crippen molar-refractivity contribution in [2.75, 3.05) is 39.3 Å². The molecule has 0 saturated carbocycles. The molecule has 0 bridgehead atoms. The summed E-state index contributed by atoms with van der Waals surface area (Å²) >= 11 is 0. The summed E-state index contributed by atoms with van der Waals surface area (Å²) in [6.45, 7) is 11.4. The fourth-order valence-electron chi connectivity index (χ4n) is 5.72. The maximum absolute atomic E-state index is 13.4. The zero-order chi connectivity index (χ0) is 25.6. The van der Waals surface area contributed by atoms with Gasteiger partial charge in [-0.2, -0.15) is 0 Å². The lowest BCUT2D eigenvalue weighted by atomic mass is 9.77. The molecule has 194 valence electrons. The number of hydrogen-bond acceptors (Lipinski definition) is 5. The number of carboxylic acid groups (broad SMARTS) is 1. The standard InChI is InChI=1S/C28H43N3O4/c1-5-7-13-30(14-12-29)25(32)19-31-18-22(20-8-9-24-21(16-20)10-15-35-24)26(27(33)34)23(31)17-28(3,4)11-6-2/h6,8-9,11,16,22-23,26H,5,7,10,12-15,17-19,29H2,1-4H3,(H,33,34)/t22-,23+,26-/m1/s1. The molecule has 3 N–H and O–H groups in total. The lowest BCUT2D eigenvalue weighted by Gasteiger charge is -2.34. The van der Waals surface area contributed by atoms with Crippen LogP contribution in [0.2, 0.25) is 0 Å². The molecular formula is C28H43N3O4. The predicted molar refractivity (Wildman–Crippen MR) is 139 cm³/mol. The summed E-state index contributed by atoms with van der Waals surface area (Å²) in [5.41, 5.74) is 7.77. The van der Waals surface area contributed by atoms with E-state index in [1.165, 1.54) is 0 Å². The van der Waals surface area contributed by atoms with Gasteiger partial charge in [0.1, 0.15) is 5.75 Å². The van der Waals surface area contributed by atoms with Gasteiger partial charge >= 0.3 is 5.97 Å². The highest BCUT2D eigenvalue weighted by Gasteiger charge is 2.48. The number of benzene rings is 1. The molecule has 1 fully saturated rings. The normalized spacial score (nSPS) is 22.4. The van der Waals surface area contributed by atoms with Crippen molar-refractivity contribution in [3.63, 3.8) is 0 Å². The number of carbonyl (C=O) groups excluding carboxylic acids is 1. The average Bonchev–Trinajstić information content (AvgIpc) is 3.40. The number of unbranched alkanes of at least 4 members (excludes halogenated alkanes) is 1. The SMILES string of the molecule is CC=CC(C)(C)C[C@H]1[C@H](C(=O)O)[C@@H](c2ccc3c(c2)CCO3)CN1CC(=O)N(CCN)CCCC. The molecule has 1 aromatic carbocycles. The summed E-state index contributed by atoms with van der Waals surface area (Å²) < 4.78 is 5.66. The van der Waals surface area contributed by atoms with E-state index < -0.39 is 11.9 Å². The Kier molecular flexibility index (Phi) is 9.36. The molecule has 0 radical (unpaired) electrons. The molecule has 1 amide bonds. The Hall–Kier alpha value is -2.38. The number of rotatable bonds is 12. The largest absolute Gasteiger partial charge is 0.493 e. The van der Waals surface area contributed by atoms with Crippen LogP contribution in [0.1, 0.15) is 64.0 Å². The van der Waals surface area contributed by atoms with Gasteiger partial charge in [0.05, 0.1) is 19.1 Å². The summed E-state index contributed by atoms with van der Waals surface area (Å²) in [6, 6.07) is 5.84. The van der Waals surface area contributed by atoms with Crippen molar-refractivity contribution in [2.24, 2.45) is 17.1 Å². The van der Waals surface area contributed by atoms with Gasteiger partial charge in [-0.1, -0.05) is 51.5 Å². The molecule has 2 aliphatic rings. The lowest BCUT2D eigenvalue weighted by molar-refractivity contribution is -0.144. The van der Waals surface area contributed by atoms with Gasteiger partial charge in [-0.15, -0.1) is 0 Å². The van der Waals surface area contributed by atoms with Crippen LogP contribution in [-0.4, -0.2) is 72.2 Å². The third-order valence-corrected chi connectivity index (χ3v) is 7.40. The Balaban J connectivity index is 1.92. The molecule has 1 saturated heterocycles. The van der Waals surface area contributed by atoms with Gasteiger partial charge in [-0.3, -0.25) is 14.5 Å². The fraction of sp³-hybridized carbons (Fsp3) is 0.643. The molecule has 3 atom stereocenters. The van der Waals surface area contributed by atoms with Crippen molar-refractivity contribution in [3.05, 3.63) is 41.5 Å². The first-order valence-electron chi connectivity index (χ1n) is 13.0. The van der Waals surface area contributed by atoms with Gasteiger partial charge in [0.15, 0.2) is 0 Å². The zero-order valence-corrected chi connectivity index (χ0v) is 21.8. The van der Waals surface area contributed by atoms with Crippen molar-refractivity contribution in [3.8, 4) is 5.75 Å². The molecule has 2 heterocycles. The van der Waals surface area contributed by atoms with Crippen molar-refractivity contribution >= 4 is 11.9 Å². The highest BCUT2D eigenvalue weighted by molar-refractivity contribution is 5.79. The number of fused-ring (bicyclic) bond motifs is 1. The zero-order valence-electron chi connectivity index (χ0n) is 21.8. The number of carboxylic acids is 1. The number of likely N-dealkylation sites (tertiary alicyclic amines) is 1. The fourth-order valence-corrected chi connectivity index (χ4v) is 5.72. The minimum Gasteiger partial charge on any atom is -0.493 e. The second-order valence-electron chi connectivity index (χ2n) is 10.6. The van der Waals surface area contributed by atoms with Crippen molar-refractivity contribution < 1.29 is 19.4 Å². The number of amides is 1. The average molecular weight is 486 g/mol. The molecule has 0 aliphatic carbocycles. The minimum atomic E-state index is -0.798. The van der Waals surface area contributed by atoms with Gasteiger partial charge < -0.3 is 20.5 Å². The first-order valence-corrected chi connectivity index (χ1v) is 13.0. The van der Waals surface area contributed by atoms with Crippen LogP contribution < -0.4 is 10.5 Å². The van der Waals surface area contributed by atoms with Crippen LogP contribution in [0.5, 0.6) is 5.75 Å². The predicted octanol–water partition coefficient (Wildman–Crippen LogP) is 3.67. The summed E-state index contributed by atoms with van der Waals surface area (Å²) in [5, 5.41) is 10.4. The van der Waals surface area contributed by atoms with Crippen LogP contribution in [0.15, 0.2) is 30.4 Å². The van der Waals surface area contributed by atoms with E-state index in [0.29, 0.717) is 39.2 Å². The van der Waals surface area contributed by atoms with E-state index in [4.69, 9.17) is 10.5 Å². The molecule has 0 aromatic heterocycles. The van der Waals surface area contributed by atoms with E-state index in [1.807, 2.05) is 30.0 Å². The van der Waals surface area contributed by atoms with Gasteiger partial charge in [-0.25, -0.2) is 0 Å². The molecule has 3 rings (SSSR count). The van der Waals surface area contributed by atoms with E-state index in [9.17, 15) is 14.7 Å². The third-order valence-electron chi connectivity index (χ3n) is 7.40. The number of nitrogens with two attached hydrogens (primary N) is 1. The van der Waals surface area contributed by atoms with E-state index >= 15 is 0 Å². The Bertz CT molecular complexity index is 913. The first kappa shape index (κ1) is 27.2. The Morgan fingerprint density at radius 3 is 2.74 bits per heavy atom. The highest BCUT2D eigenvalue weighted by Crippen LogP contribution is 2.43. The topological polar surface area (TPSA) is 96.1 Å². The Labute approximate surface area is 210 Å². The van der Waals surface area contributed by atoms with Crippen molar-refractivity contribution in [2.45, 2.75) is 65.3 Å². The quantitative estimate of drug-likeness (QED) is 0.439. The molecular weight excluding hydrogens is 442 g/mol. The smallest absolute Gasteiger partial charge is 0.308 e. The van der Waals surface area contributed by atoms with Gasteiger partial charge in [0.2, 0.25) is 5.91 Å². The maximum atomic E-state index is 13.4. The number of hydrogen-bond donors (Lipinski definition) is 2.